The van der Waals surface area contributed by atoms with Crippen LogP contribution in [0, 0.1) is 0 Å². The average Bonchev–Trinajstić information content (AvgIpc) is 2.88. The van der Waals surface area contributed by atoms with Crippen LogP contribution >= 0.6 is 15.9 Å². The minimum Gasteiger partial charge on any atom is -0.349 e. The van der Waals surface area contributed by atoms with E-state index >= 15 is 0 Å². The lowest BCUT2D eigenvalue weighted by molar-refractivity contribution is 0.474. The lowest BCUT2D eigenvalue weighted by atomic mass is 10.2. The molecule has 6 nitrogen and oxygen atoms in total. The van der Waals surface area contributed by atoms with Gasteiger partial charge in [-0.25, -0.2) is 0 Å². The fraction of sp³-hybridized carbons (Fsp3) is 0.357. The predicted octanol–water partition coefficient (Wildman–Crippen LogP) is 1.78. The Morgan fingerprint density at radius 1 is 1.38 bits per heavy atom. The number of aliphatic imine (C=N–C) groups is 1. The van der Waals surface area contributed by atoms with Crippen molar-refractivity contribution in [2.45, 2.75) is 13.1 Å². The number of benzene rings is 1. The molecule has 1 N–H and O–H groups in total. The van der Waals surface area contributed by atoms with Crippen LogP contribution in [0.5, 0.6) is 0 Å². The van der Waals surface area contributed by atoms with Crippen LogP contribution in [0.15, 0.2) is 40.1 Å². The molecular formula is C14H19BrN6. The van der Waals surface area contributed by atoms with E-state index < -0.39 is 0 Å². The van der Waals surface area contributed by atoms with Gasteiger partial charge in [-0.2, -0.15) is 0 Å². The first kappa shape index (κ1) is 15.5. The van der Waals surface area contributed by atoms with Crippen molar-refractivity contribution in [2.75, 3.05) is 14.1 Å². The number of aromatic nitrogens is 3. The Bertz CT molecular complexity index is 604. The Kier molecular flexibility index (Phi) is 5.32. The number of aryl methyl sites for hydroxylation is 1. The molecule has 2 rings (SSSR count). The van der Waals surface area contributed by atoms with Crippen LogP contribution < -0.4 is 5.32 Å². The summed E-state index contributed by atoms with van der Waals surface area (Å²) in [6.45, 7) is 1.37. The number of rotatable bonds is 4. The molecule has 0 spiro atoms. The summed E-state index contributed by atoms with van der Waals surface area (Å²) in [6, 6.07) is 8.27. The van der Waals surface area contributed by atoms with Crippen molar-refractivity contribution in [3.05, 3.63) is 46.5 Å². The molecule has 2 aromatic rings. The monoisotopic (exact) mass is 350 g/mol. The molecule has 0 aliphatic carbocycles. The van der Waals surface area contributed by atoms with E-state index in [2.05, 4.69) is 53.5 Å². The average molecular weight is 351 g/mol. The largest absolute Gasteiger partial charge is 0.349 e. The number of halogens is 1. The number of hydrogen-bond donors (Lipinski definition) is 1. The van der Waals surface area contributed by atoms with Crippen molar-refractivity contribution in [2.24, 2.45) is 12.0 Å². The van der Waals surface area contributed by atoms with Gasteiger partial charge in [0.2, 0.25) is 0 Å². The Hall–Kier alpha value is -1.89. The van der Waals surface area contributed by atoms with Crippen molar-refractivity contribution < 1.29 is 0 Å². The molecule has 1 aromatic carbocycles. The molecule has 1 aromatic heterocycles. The zero-order valence-electron chi connectivity index (χ0n) is 12.4. The second-order valence-electron chi connectivity index (χ2n) is 4.74. The fourth-order valence-electron chi connectivity index (χ4n) is 1.95. The van der Waals surface area contributed by atoms with Crippen LogP contribution in [0.1, 0.15) is 11.4 Å². The Labute approximate surface area is 133 Å². The van der Waals surface area contributed by atoms with Crippen molar-refractivity contribution in [1.82, 2.24) is 25.0 Å². The molecule has 0 saturated carbocycles. The Balaban J connectivity index is 1.94. The first-order valence-electron chi connectivity index (χ1n) is 6.59. The van der Waals surface area contributed by atoms with Gasteiger partial charge in [0.1, 0.15) is 6.33 Å². The zero-order valence-corrected chi connectivity index (χ0v) is 14.0. The molecule has 0 aliphatic rings. The highest BCUT2D eigenvalue weighted by Crippen LogP contribution is 2.11. The van der Waals surface area contributed by atoms with Crippen molar-refractivity contribution in [1.29, 1.82) is 0 Å². The lowest BCUT2D eigenvalue weighted by Gasteiger charge is -2.22. The van der Waals surface area contributed by atoms with Crippen LogP contribution in [0.4, 0.5) is 0 Å². The maximum atomic E-state index is 4.30. The highest BCUT2D eigenvalue weighted by molar-refractivity contribution is 9.10. The topological polar surface area (TPSA) is 58.3 Å². The van der Waals surface area contributed by atoms with E-state index in [1.807, 2.05) is 30.8 Å². The van der Waals surface area contributed by atoms with Crippen LogP contribution in [0.25, 0.3) is 0 Å². The molecule has 112 valence electrons. The third kappa shape index (κ3) is 4.29. The summed E-state index contributed by atoms with van der Waals surface area (Å²) in [5.41, 5.74) is 1.22. The molecule has 21 heavy (non-hydrogen) atoms. The Morgan fingerprint density at radius 2 is 2.10 bits per heavy atom. The van der Waals surface area contributed by atoms with Crippen molar-refractivity contribution in [3.63, 3.8) is 0 Å². The molecular weight excluding hydrogens is 332 g/mol. The Morgan fingerprint density at radius 3 is 2.67 bits per heavy atom. The van der Waals surface area contributed by atoms with E-state index in [1.54, 1.807) is 13.4 Å². The van der Waals surface area contributed by atoms with Gasteiger partial charge < -0.3 is 14.8 Å². The van der Waals surface area contributed by atoms with Gasteiger partial charge in [-0.15, -0.1) is 10.2 Å². The van der Waals surface area contributed by atoms with Gasteiger partial charge in [-0.3, -0.25) is 4.99 Å². The van der Waals surface area contributed by atoms with E-state index in [-0.39, 0.29) is 0 Å². The second kappa shape index (κ2) is 7.21. The maximum Gasteiger partial charge on any atom is 0.194 e. The van der Waals surface area contributed by atoms with E-state index in [0.29, 0.717) is 6.54 Å². The first-order valence-corrected chi connectivity index (χ1v) is 7.38. The molecule has 0 aliphatic heterocycles. The third-order valence-corrected chi connectivity index (χ3v) is 3.64. The van der Waals surface area contributed by atoms with Gasteiger partial charge in [0.05, 0.1) is 6.54 Å². The zero-order chi connectivity index (χ0) is 15.2. The van der Waals surface area contributed by atoms with Gasteiger partial charge in [0.15, 0.2) is 11.8 Å². The number of nitrogens with one attached hydrogen (secondary N) is 1. The molecule has 0 atom stereocenters. The van der Waals surface area contributed by atoms with E-state index in [0.717, 1.165) is 22.8 Å². The van der Waals surface area contributed by atoms with Gasteiger partial charge in [0, 0.05) is 32.2 Å². The first-order chi connectivity index (χ1) is 10.1. The summed E-state index contributed by atoms with van der Waals surface area (Å²) in [5.74, 6) is 1.69. The van der Waals surface area contributed by atoms with Crippen molar-refractivity contribution >= 4 is 21.9 Å². The fourth-order valence-corrected chi connectivity index (χ4v) is 2.21. The minimum absolute atomic E-state index is 0.591. The summed E-state index contributed by atoms with van der Waals surface area (Å²) < 4.78 is 2.97. The van der Waals surface area contributed by atoms with E-state index in [9.17, 15) is 0 Å². The standard InChI is InChI=1S/C14H19BrN6/c1-16-14(17-8-13-19-18-10-21(13)3)20(2)9-11-4-6-12(15)7-5-11/h4-7,10H,8-9H2,1-3H3,(H,16,17). The number of hydrogen-bond acceptors (Lipinski definition) is 3. The molecule has 0 unspecified atom stereocenters. The molecule has 0 amide bonds. The maximum absolute atomic E-state index is 4.30. The predicted molar refractivity (Wildman–Crippen MR) is 86.8 cm³/mol. The van der Waals surface area contributed by atoms with Gasteiger partial charge >= 0.3 is 0 Å². The third-order valence-electron chi connectivity index (χ3n) is 3.12. The smallest absolute Gasteiger partial charge is 0.194 e. The van der Waals surface area contributed by atoms with Gasteiger partial charge in [-0.05, 0) is 17.7 Å². The lowest BCUT2D eigenvalue weighted by Crippen LogP contribution is -2.38. The normalized spacial score (nSPS) is 11.5. The van der Waals surface area contributed by atoms with Crippen LogP contribution in [0.3, 0.4) is 0 Å². The van der Waals surface area contributed by atoms with Crippen LogP contribution in [-0.4, -0.2) is 39.7 Å². The van der Waals surface area contributed by atoms with Crippen LogP contribution in [0.2, 0.25) is 0 Å². The molecule has 1 heterocycles. The van der Waals surface area contributed by atoms with Crippen molar-refractivity contribution in [3.8, 4) is 0 Å². The molecule has 7 heteroatoms. The molecule has 0 fully saturated rings. The summed E-state index contributed by atoms with van der Waals surface area (Å²) in [6.07, 6.45) is 1.69. The van der Waals surface area contributed by atoms with Crippen LogP contribution in [-0.2, 0) is 20.1 Å². The van der Waals surface area contributed by atoms with Gasteiger partial charge in [0.25, 0.3) is 0 Å². The number of nitrogens with zero attached hydrogens (tertiary/aromatic N) is 5. The highest BCUT2D eigenvalue weighted by Gasteiger charge is 2.08. The quantitative estimate of drug-likeness (QED) is 0.674. The van der Waals surface area contributed by atoms with Gasteiger partial charge in [-0.1, -0.05) is 28.1 Å². The summed E-state index contributed by atoms with van der Waals surface area (Å²) >= 11 is 3.44. The highest BCUT2D eigenvalue weighted by atomic mass is 79.9. The summed E-state index contributed by atoms with van der Waals surface area (Å²) in [5, 5.41) is 11.2. The molecule has 0 radical (unpaired) electrons. The minimum atomic E-state index is 0.591. The number of guanidine groups is 1. The molecule has 0 saturated heterocycles. The van der Waals surface area contributed by atoms with E-state index in [1.165, 1.54) is 5.56 Å². The van der Waals surface area contributed by atoms with E-state index in [4.69, 9.17) is 0 Å². The SMILES string of the molecule is CN=C(NCc1nncn1C)N(C)Cc1ccc(Br)cc1. The molecule has 0 bridgehead atoms. The second-order valence-corrected chi connectivity index (χ2v) is 5.66. The summed E-state index contributed by atoms with van der Waals surface area (Å²) in [7, 11) is 5.70. The summed E-state index contributed by atoms with van der Waals surface area (Å²) in [4.78, 5) is 6.36.